The Labute approximate surface area is 210 Å². The SMILES string of the molecule is Cc1ccc(Oc2ccc(OCCCOc3cc4c(cc3C)C(=O)N3CCC[C@H]3C=N4)cc2F)cc1. The fraction of sp³-hybridized carbons (Fsp3) is 0.310. The Morgan fingerprint density at radius 3 is 2.56 bits per heavy atom. The van der Waals surface area contributed by atoms with Gasteiger partial charge in [0.2, 0.25) is 0 Å². The molecule has 5 rings (SSSR count). The lowest BCUT2D eigenvalue weighted by atomic mass is 10.1. The van der Waals surface area contributed by atoms with E-state index in [1.807, 2.05) is 49.2 Å². The highest BCUT2D eigenvalue weighted by Gasteiger charge is 2.32. The van der Waals surface area contributed by atoms with Crippen LogP contribution in [-0.2, 0) is 0 Å². The van der Waals surface area contributed by atoms with Crippen molar-refractivity contribution in [3.8, 4) is 23.0 Å². The quantitative estimate of drug-likeness (QED) is 0.344. The maximum absolute atomic E-state index is 14.5. The molecule has 6 nitrogen and oxygen atoms in total. The Balaban J connectivity index is 1.13. The predicted octanol–water partition coefficient (Wildman–Crippen LogP) is 6.40. The average Bonchev–Trinajstić information content (AvgIpc) is 3.30. The number of aliphatic imine (C=N–C) groups is 1. The van der Waals surface area contributed by atoms with E-state index in [2.05, 4.69) is 4.99 Å². The van der Waals surface area contributed by atoms with Crippen molar-refractivity contribution >= 4 is 17.8 Å². The molecule has 0 spiro atoms. The second kappa shape index (κ2) is 10.4. The van der Waals surface area contributed by atoms with Gasteiger partial charge in [0.25, 0.3) is 5.91 Å². The summed E-state index contributed by atoms with van der Waals surface area (Å²) < 4.78 is 31.7. The van der Waals surface area contributed by atoms with Crippen LogP contribution in [0, 0.1) is 19.7 Å². The smallest absolute Gasteiger partial charge is 0.256 e. The van der Waals surface area contributed by atoms with Crippen molar-refractivity contribution in [3.05, 3.63) is 77.1 Å². The number of carbonyl (C=O) groups is 1. The summed E-state index contributed by atoms with van der Waals surface area (Å²) in [7, 11) is 0. The van der Waals surface area contributed by atoms with Crippen LogP contribution in [0.25, 0.3) is 0 Å². The summed E-state index contributed by atoms with van der Waals surface area (Å²) in [6, 6.07) is 15.8. The standard InChI is InChI=1S/C29H29FN2O4/c1-19-6-8-22(9-7-19)36-27-11-10-23(16-25(27)30)34-13-4-14-35-28-17-26-24(15-20(28)2)29(33)32-12-3-5-21(32)18-31-26/h6-11,15-18,21H,3-5,12-14H2,1-2H3/t21-/m0/s1. The summed E-state index contributed by atoms with van der Waals surface area (Å²) in [5.74, 6) is 1.41. The molecule has 3 aromatic carbocycles. The first kappa shape index (κ1) is 23.9. The number of hydrogen-bond acceptors (Lipinski definition) is 5. The van der Waals surface area contributed by atoms with Gasteiger partial charge in [0.1, 0.15) is 17.2 Å². The minimum Gasteiger partial charge on any atom is -0.493 e. The van der Waals surface area contributed by atoms with Crippen LogP contribution in [0.3, 0.4) is 0 Å². The Hall–Kier alpha value is -3.87. The third-order valence-corrected chi connectivity index (χ3v) is 6.44. The fourth-order valence-electron chi connectivity index (χ4n) is 4.45. The van der Waals surface area contributed by atoms with Gasteiger partial charge in [-0.25, -0.2) is 4.39 Å². The van der Waals surface area contributed by atoms with Gasteiger partial charge in [-0.3, -0.25) is 9.79 Å². The van der Waals surface area contributed by atoms with Crippen molar-refractivity contribution in [2.24, 2.45) is 4.99 Å². The van der Waals surface area contributed by atoms with Crippen LogP contribution >= 0.6 is 0 Å². The molecule has 0 radical (unpaired) electrons. The van der Waals surface area contributed by atoms with Crippen LogP contribution in [0.2, 0.25) is 0 Å². The summed E-state index contributed by atoms with van der Waals surface area (Å²) in [4.78, 5) is 19.4. The third kappa shape index (κ3) is 5.20. The highest BCUT2D eigenvalue weighted by atomic mass is 19.1. The number of carbonyl (C=O) groups excluding carboxylic acids is 1. The zero-order valence-electron chi connectivity index (χ0n) is 20.5. The van der Waals surface area contributed by atoms with Crippen molar-refractivity contribution in [1.29, 1.82) is 0 Å². The van der Waals surface area contributed by atoms with Crippen molar-refractivity contribution < 1.29 is 23.4 Å². The molecule has 3 aromatic rings. The molecule has 2 aliphatic rings. The predicted molar refractivity (Wildman–Crippen MR) is 137 cm³/mol. The van der Waals surface area contributed by atoms with Crippen LogP contribution < -0.4 is 14.2 Å². The first-order valence-corrected chi connectivity index (χ1v) is 12.3. The van der Waals surface area contributed by atoms with Gasteiger partial charge in [-0.05, 0) is 62.6 Å². The number of rotatable bonds is 8. The van der Waals surface area contributed by atoms with E-state index in [1.54, 1.807) is 24.3 Å². The molecule has 2 heterocycles. The zero-order chi connectivity index (χ0) is 25.1. The maximum Gasteiger partial charge on any atom is 0.256 e. The van der Waals surface area contributed by atoms with Crippen LogP contribution in [0.4, 0.5) is 10.1 Å². The number of amides is 1. The normalized spacial score (nSPS) is 16.4. The summed E-state index contributed by atoms with van der Waals surface area (Å²) in [5, 5.41) is 0. The first-order valence-electron chi connectivity index (χ1n) is 12.3. The van der Waals surface area contributed by atoms with Gasteiger partial charge in [0.05, 0.1) is 30.5 Å². The Kier molecular flexibility index (Phi) is 6.89. The highest BCUT2D eigenvalue weighted by molar-refractivity contribution is 6.03. The molecule has 0 aliphatic carbocycles. The number of aryl methyl sites for hydroxylation is 2. The van der Waals surface area contributed by atoms with E-state index < -0.39 is 5.82 Å². The van der Waals surface area contributed by atoms with Crippen molar-refractivity contribution in [2.75, 3.05) is 19.8 Å². The molecule has 0 N–H and O–H groups in total. The van der Waals surface area contributed by atoms with Gasteiger partial charge in [-0.1, -0.05) is 17.7 Å². The van der Waals surface area contributed by atoms with Crippen molar-refractivity contribution in [1.82, 2.24) is 4.90 Å². The van der Waals surface area contributed by atoms with E-state index in [0.29, 0.717) is 48.1 Å². The molecular formula is C29H29FN2O4. The maximum atomic E-state index is 14.5. The monoisotopic (exact) mass is 488 g/mol. The first-order chi connectivity index (χ1) is 17.5. The van der Waals surface area contributed by atoms with E-state index in [-0.39, 0.29) is 17.7 Å². The van der Waals surface area contributed by atoms with Gasteiger partial charge < -0.3 is 19.1 Å². The largest absolute Gasteiger partial charge is 0.493 e. The van der Waals surface area contributed by atoms with E-state index >= 15 is 0 Å². The van der Waals surface area contributed by atoms with E-state index in [4.69, 9.17) is 14.2 Å². The molecule has 186 valence electrons. The summed E-state index contributed by atoms with van der Waals surface area (Å²) in [6.07, 6.45) is 4.45. The number of ether oxygens (including phenoxy) is 3. The van der Waals surface area contributed by atoms with E-state index in [1.165, 1.54) is 6.07 Å². The fourth-order valence-corrected chi connectivity index (χ4v) is 4.45. The van der Waals surface area contributed by atoms with Gasteiger partial charge in [0.15, 0.2) is 11.6 Å². The number of hydrogen-bond donors (Lipinski definition) is 0. The number of fused-ring (bicyclic) bond motifs is 2. The van der Waals surface area contributed by atoms with Crippen molar-refractivity contribution in [3.63, 3.8) is 0 Å². The Bertz CT molecular complexity index is 1290. The lowest BCUT2D eigenvalue weighted by Crippen LogP contribution is -2.35. The zero-order valence-corrected chi connectivity index (χ0v) is 20.5. The lowest BCUT2D eigenvalue weighted by molar-refractivity contribution is 0.0774. The van der Waals surface area contributed by atoms with Crippen LogP contribution in [0.1, 0.15) is 40.7 Å². The second-order valence-electron chi connectivity index (χ2n) is 9.18. The van der Waals surface area contributed by atoms with E-state index in [0.717, 1.165) is 30.5 Å². The van der Waals surface area contributed by atoms with Gasteiger partial charge in [-0.15, -0.1) is 0 Å². The Morgan fingerprint density at radius 2 is 1.75 bits per heavy atom. The van der Waals surface area contributed by atoms with Gasteiger partial charge >= 0.3 is 0 Å². The van der Waals surface area contributed by atoms with Crippen LogP contribution in [-0.4, -0.2) is 42.8 Å². The average molecular weight is 489 g/mol. The van der Waals surface area contributed by atoms with E-state index in [9.17, 15) is 9.18 Å². The highest BCUT2D eigenvalue weighted by Crippen LogP contribution is 2.34. The molecule has 7 heteroatoms. The minimum absolute atomic E-state index is 0.0376. The minimum atomic E-state index is -0.486. The molecule has 36 heavy (non-hydrogen) atoms. The second-order valence-corrected chi connectivity index (χ2v) is 9.18. The lowest BCUT2D eigenvalue weighted by Gasteiger charge is -2.20. The molecular weight excluding hydrogens is 459 g/mol. The summed E-state index contributed by atoms with van der Waals surface area (Å²) in [6.45, 7) is 5.48. The molecule has 1 saturated heterocycles. The number of nitrogens with zero attached hydrogens (tertiary/aromatic N) is 2. The molecule has 0 aromatic heterocycles. The third-order valence-electron chi connectivity index (χ3n) is 6.44. The van der Waals surface area contributed by atoms with Gasteiger partial charge in [-0.2, -0.15) is 0 Å². The number of halogens is 1. The summed E-state index contributed by atoms with van der Waals surface area (Å²) in [5.41, 5.74) is 3.27. The van der Waals surface area contributed by atoms with Crippen molar-refractivity contribution in [2.45, 2.75) is 39.2 Å². The molecule has 1 amide bonds. The van der Waals surface area contributed by atoms with Crippen LogP contribution in [0.5, 0.6) is 23.0 Å². The molecule has 1 atom stereocenters. The summed E-state index contributed by atoms with van der Waals surface area (Å²) >= 11 is 0. The molecule has 2 aliphatic heterocycles. The molecule has 0 saturated carbocycles. The molecule has 0 bridgehead atoms. The number of benzene rings is 3. The molecule has 0 unspecified atom stereocenters. The van der Waals surface area contributed by atoms with Crippen LogP contribution in [0.15, 0.2) is 59.6 Å². The topological polar surface area (TPSA) is 60.4 Å². The molecule has 1 fully saturated rings. The Morgan fingerprint density at radius 1 is 0.972 bits per heavy atom. The van der Waals surface area contributed by atoms with Gasteiger partial charge in [0, 0.05) is 31.3 Å².